The van der Waals surface area contributed by atoms with Crippen LogP contribution in [0.4, 0.5) is 0 Å². The molecule has 3 nitrogen and oxygen atoms in total. The molecule has 17 heavy (non-hydrogen) atoms. The van der Waals surface area contributed by atoms with Gasteiger partial charge < -0.3 is 10.4 Å². The van der Waals surface area contributed by atoms with Gasteiger partial charge in [-0.05, 0) is 24.7 Å². The number of carbonyl (C=O) groups excluding carboxylic acids is 1. The minimum atomic E-state index is -0.155. The van der Waals surface area contributed by atoms with Crippen molar-refractivity contribution in [2.24, 2.45) is 0 Å². The van der Waals surface area contributed by atoms with Crippen LogP contribution in [0.25, 0.3) is 0 Å². The van der Waals surface area contributed by atoms with Crippen LogP contribution in [-0.4, -0.2) is 35.2 Å². The second kappa shape index (κ2) is 8.14. The van der Waals surface area contributed by atoms with Crippen molar-refractivity contribution in [3.05, 3.63) is 35.9 Å². The van der Waals surface area contributed by atoms with Gasteiger partial charge in [0.2, 0.25) is 5.91 Å². The average molecular weight is 253 g/mol. The molecule has 0 fully saturated rings. The van der Waals surface area contributed by atoms with E-state index in [4.69, 9.17) is 5.11 Å². The Morgan fingerprint density at radius 1 is 1.41 bits per heavy atom. The fourth-order valence-corrected chi connectivity index (χ4v) is 2.15. The minimum absolute atomic E-state index is 0.00962. The monoisotopic (exact) mass is 253 g/mol. The highest BCUT2D eigenvalue weighted by molar-refractivity contribution is 7.99. The summed E-state index contributed by atoms with van der Waals surface area (Å²) in [5.74, 6) is 1.38. The first kappa shape index (κ1) is 14.1. The molecule has 4 heteroatoms. The van der Waals surface area contributed by atoms with Crippen LogP contribution < -0.4 is 5.32 Å². The van der Waals surface area contributed by atoms with Crippen LogP contribution >= 0.6 is 11.8 Å². The minimum Gasteiger partial charge on any atom is -0.394 e. The second-order valence-electron chi connectivity index (χ2n) is 3.94. The van der Waals surface area contributed by atoms with E-state index in [0.29, 0.717) is 5.75 Å². The summed E-state index contributed by atoms with van der Waals surface area (Å²) in [5, 5.41) is 11.5. The predicted molar refractivity (Wildman–Crippen MR) is 72.2 cm³/mol. The Balaban J connectivity index is 2.10. The van der Waals surface area contributed by atoms with Gasteiger partial charge >= 0.3 is 0 Å². The Kier molecular flexibility index (Phi) is 6.74. The van der Waals surface area contributed by atoms with E-state index in [1.807, 2.05) is 18.2 Å². The molecule has 2 N–H and O–H groups in total. The Morgan fingerprint density at radius 3 is 2.76 bits per heavy atom. The molecule has 0 aromatic heterocycles. The summed E-state index contributed by atoms with van der Waals surface area (Å²) in [4.78, 5) is 11.4. The number of nitrogens with one attached hydrogen (secondary N) is 1. The fourth-order valence-electron chi connectivity index (χ4n) is 1.36. The number of hydrogen-bond acceptors (Lipinski definition) is 3. The van der Waals surface area contributed by atoms with Gasteiger partial charge in [-0.3, -0.25) is 4.79 Å². The average Bonchev–Trinajstić information content (AvgIpc) is 2.36. The van der Waals surface area contributed by atoms with Crippen LogP contribution in [-0.2, 0) is 11.2 Å². The summed E-state index contributed by atoms with van der Waals surface area (Å²) in [6.07, 6.45) is 0.980. The van der Waals surface area contributed by atoms with Gasteiger partial charge in [-0.25, -0.2) is 0 Å². The van der Waals surface area contributed by atoms with E-state index in [1.54, 1.807) is 18.7 Å². The number of aliphatic hydroxyl groups excluding tert-OH is 1. The van der Waals surface area contributed by atoms with E-state index in [9.17, 15) is 4.79 Å². The van der Waals surface area contributed by atoms with Gasteiger partial charge in [-0.1, -0.05) is 30.3 Å². The smallest absolute Gasteiger partial charge is 0.230 e. The third-order valence-corrected chi connectivity index (χ3v) is 3.25. The summed E-state index contributed by atoms with van der Waals surface area (Å²) >= 11 is 1.61. The van der Waals surface area contributed by atoms with Crippen molar-refractivity contribution >= 4 is 17.7 Å². The zero-order valence-electron chi connectivity index (χ0n) is 10.1. The normalized spacial score (nSPS) is 12.1. The Labute approximate surface area is 107 Å². The summed E-state index contributed by atoms with van der Waals surface area (Å²) < 4.78 is 0. The van der Waals surface area contributed by atoms with E-state index < -0.39 is 0 Å². The predicted octanol–water partition coefficient (Wildman–Crippen LogP) is 1.46. The zero-order valence-corrected chi connectivity index (χ0v) is 10.9. The van der Waals surface area contributed by atoms with Crippen LogP contribution in [0.3, 0.4) is 0 Å². The Morgan fingerprint density at radius 2 is 2.12 bits per heavy atom. The van der Waals surface area contributed by atoms with Crippen molar-refractivity contribution in [3.8, 4) is 0 Å². The van der Waals surface area contributed by atoms with E-state index in [2.05, 4.69) is 17.4 Å². The quantitative estimate of drug-likeness (QED) is 0.723. The van der Waals surface area contributed by atoms with Gasteiger partial charge in [-0.2, -0.15) is 11.8 Å². The number of carbonyl (C=O) groups is 1. The molecule has 0 bridgehead atoms. The maximum Gasteiger partial charge on any atom is 0.230 e. The topological polar surface area (TPSA) is 49.3 Å². The lowest BCUT2D eigenvalue weighted by Gasteiger charge is -2.10. The van der Waals surface area contributed by atoms with Crippen molar-refractivity contribution in [2.45, 2.75) is 19.4 Å². The van der Waals surface area contributed by atoms with Crippen molar-refractivity contribution in [2.75, 3.05) is 18.1 Å². The summed E-state index contributed by atoms with van der Waals surface area (Å²) in [7, 11) is 0. The number of thioether (sulfide) groups is 1. The first-order chi connectivity index (χ1) is 8.22. The van der Waals surface area contributed by atoms with Gasteiger partial charge in [0, 0.05) is 6.04 Å². The molecule has 1 aromatic carbocycles. The van der Waals surface area contributed by atoms with Gasteiger partial charge in [0.25, 0.3) is 0 Å². The second-order valence-corrected chi connectivity index (χ2v) is 5.04. The number of hydrogen-bond donors (Lipinski definition) is 2. The van der Waals surface area contributed by atoms with Crippen molar-refractivity contribution in [1.82, 2.24) is 5.32 Å². The lowest BCUT2D eigenvalue weighted by atomic mass is 10.2. The highest BCUT2D eigenvalue weighted by Crippen LogP contribution is 2.06. The molecule has 0 aliphatic rings. The van der Waals surface area contributed by atoms with E-state index in [-0.39, 0.29) is 18.6 Å². The van der Waals surface area contributed by atoms with Crippen LogP contribution in [0.1, 0.15) is 12.5 Å². The molecular formula is C13H19NO2S. The number of aliphatic hydroxyl groups is 1. The first-order valence-corrected chi connectivity index (χ1v) is 6.89. The summed E-state index contributed by atoms with van der Waals surface area (Å²) in [6, 6.07) is 10.1. The number of rotatable bonds is 7. The summed E-state index contributed by atoms with van der Waals surface area (Å²) in [6.45, 7) is 1.77. The molecule has 1 unspecified atom stereocenters. The Bertz CT molecular complexity index is 329. The number of aryl methyl sites for hydroxylation is 1. The fraction of sp³-hybridized carbons (Fsp3) is 0.462. The number of amides is 1. The number of benzene rings is 1. The van der Waals surface area contributed by atoms with Crippen molar-refractivity contribution in [3.63, 3.8) is 0 Å². The molecule has 1 atom stereocenters. The molecule has 94 valence electrons. The molecule has 0 aliphatic carbocycles. The molecule has 1 aromatic rings. The molecule has 1 amide bonds. The molecule has 0 aliphatic heterocycles. The van der Waals surface area contributed by atoms with E-state index >= 15 is 0 Å². The van der Waals surface area contributed by atoms with Crippen LogP contribution in [0.2, 0.25) is 0 Å². The SMILES string of the molecule is CC(CO)NC(=O)CSCCc1ccccc1. The molecule has 0 radical (unpaired) electrons. The molecule has 0 heterocycles. The zero-order chi connectivity index (χ0) is 12.5. The lowest BCUT2D eigenvalue weighted by molar-refractivity contribution is -0.119. The highest BCUT2D eigenvalue weighted by Gasteiger charge is 2.05. The highest BCUT2D eigenvalue weighted by atomic mass is 32.2. The third-order valence-electron chi connectivity index (χ3n) is 2.29. The van der Waals surface area contributed by atoms with Crippen LogP contribution in [0, 0.1) is 0 Å². The van der Waals surface area contributed by atoms with Crippen LogP contribution in [0.5, 0.6) is 0 Å². The molecule has 1 rings (SSSR count). The standard InChI is InChI=1S/C13H19NO2S/c1-11(9-15)14-13(16)10-17-8-7-12-5-3-2-4-6-12/h2-6,11,15H,7-10H2,1H3,(H,14,16). The summed E-state index contributed by atoms with van der Waals surface area (Å²) in [5.41, 5.74) is 1.30. The van der Waals surface area contributed by atoms with Gasteiger partial charge in [0.1, 0.15) is 0 Å². The van der Waals surface area contributed by atoms with Crippen molar-refractivity contribution < 1.29 is 9.90 Å². The maximum atomic E-state index is 11.4. The molecule has 0 saturated heterocycles. The van der Waals surface area contributed by atoms with Gasteiger partial charge in [0.15, 0.2) is 0 Å². The van der Waals surface area contributed by atoms with Gasteiger partial charge in [0.05, 0.1) is 12.4 Å². The molecule has 0 spiro atoms. The third kappa shape index (κ3) is 6.34. The molecule has 0 saturated carbocycles. The van der Waals surface area contributed by atoms with Crippen LogP contribution in [0.15, 0.2) is 30.3 Å². The lowest BCUT2D eigenvalue weighted by Crippen LogP contribution is -2.36. The van der Waals surface area contributed by atoms with Crippen molar-refractivity contribution in [1.29, 1.82) is 0 Å². The maximum absolute atomic E-state index is 11.4. The molecular weight excluding hydrogens is 234 g/mol. The van der Waals surface area contributed by atoms with Gasteiger partial charge in [-0.15, -0.1) is 0 Å². The Hall–Kier alpha value is -1.00. The first-order valence-electron chi connectivity index (χ1n) is 5.74. The van der Waals surface area contributed by atoms with E-state index in [0.717, 1.165) is 12.2 Å². The van der Waals surface area contributed by atoms with E-state index in [1.165, 1.54) is 5.56 Å². The largest absolute Gasteiger partial charge is 0.394 e.